The first-order valence-electron chi connectivity index (χ1n) is 4.74. The quantitative estimate of drug-likeness (QED) is 0.664. The molecule has 1 aromatic rings. The van der Waals surface area contributed by atoms with Crippen molar-refractivity contribution >= 4 is 29.0 Å². The summed E-state index contributed by atoms with van der Waals surface area (Å²) in [6.45, 7) is -1.54. The Labute approximate surface area is 109 Å². The first-order chi connectivity index (χ1) is 8.69. The number of hydrogen-bond donors (Lipinski definition) is 2. The van der Waals surface area contributed by atoms with Gasteiger partial charge in [-0.15, -0.1) is 0 Å². The normalized spacial score (nSPS) is 10.9. The van der Waals surface area contributed by atoms with Gasteiger partial charge in [-0.25, -0.2) is 4.79 Å². The molecule has 19 heavy (non-hydrogen) atoms. The summed E-state index contributed by atoms with van der Waals surface area (Å²) in [5.74, 6) is 0. The van der Waals surface area contributed by atoms with Crippen LogP contribution in [-0.2, 0) is 0 Å². The summed E-state index contributed by atoms with van der Waals surface area (Å²) in [4.78, 5) is 21.0. The molecule has 0 bridgehead atoms. The second-order valence-electron chi connectivity index (χ2n) is 3.34. The fraction of sp³-hybridized carbons (Fsp3) is 0.222. The fourth-order valence-electron chi connectivity index (χ4n) is 1.11. The van der Waals surface area contributed by atoms with Crippen molar-refractivity contribution in [3.63, 3.8) is 0 Å². The number of rotatable bonds is 3. The first kappa shape index (κ1) is 15.0. The van der Waals surface area contributed by atoms with E-state index in [4.69, 9.17) is 11.6 Å². The molecule has 1 rings (SSSR count). The molecule has 0 aliphatic rings. The molecule has 2 amide bonds. The molecule has 0 saturated carbocycles. The Morgan fingerprint density at radius 1 is 1.42 bits per heavy atom. The minimum absolute atomic E-state index is 0.0629. The second kappa shape index (κ2) is 5.74. The summed E-state index contributed by atoms with van der Waals surface area (Å²) in [6, 6.07) is 2.14. The van der Waals surface area contributed by atoms with Crippen LogP contribution in [0.2, 0.25) is 5.02 Å². The third-order valence-corrected chi connectivity index (χ3v) is 2.09. The van der Waals surface area contributed by atoms with Gasteiger partial charge in [0.2, 0.25) is 0 Å². The van der Waals surface area contributed by atoms with Crippen LogP contribution in [0.1, 0.15) is 0 Å². The lowest BCUT2D eigenvalue weighted by atomic mass is 10.2. The number of carbonyl (C=O) groups is 1. The van der Waals surface area contributed by atoms with E-state index >= 15 is 0 Å². The van der Waals surface area contributed by atoms with E-state index in [0.29, 0.717) is 0 Å². The van der Waals surface area contributed by atoms with E-state index in [0.717, 1.165) is 12.1 Å². The topological polar surface area (TPSA) is 84.3 Å². The molecule has 0 fully saturated rings. The molecule has 0 aromatic heterocycles. The first-order valence-corrected chi connectivity index (χ1v) is 5.12. The van der Waals surface area contributed by atoms with Crippen LogP contribution in [0.5, 0.6) is 0 Å². The number of anilines is 1. The van der Waals surface area contributed by atoms with Gasteiger partial charge < -0.3 is 10.6 Å². The Morgan fingerprint density at radius 2 is 2.05 bits per heavy atom. The lowest BCUT2D eigenvalue weighted by Crippen LogP contribution is -2.36. The van der Waals surface area contributed by atoms with E-state index in [9.17, 15) is 28.1 Å². The average Bonchev–Trinajstić information content (AvgIpc) is 2.28. The van der Waals surface area contributed by atoms with Crippen LogP contribution >= 0.6 is 11.6 Å². The van der Waals surface area contributed by atoms with Gasteiger partial charge in [-0.05, 0) is 12.1 Å². The molecule has 0 radical (unpaired) electrons. The lowest BCUT2D eigenvalue weighted by Gasteiger charge is -2.10. The molecular formula is C9H7ClF3N3O3. The Morgan fingerprint density at radius 3 is 2.58 bits per heavy atom. The third-order valence-electron chi connectivity index (χ3n) is 1.85. The molecule has 0 spiro atoms. The molecule has 0 heterocycles. The van der Waals surface area contributed by atoms with Crippen molar-refractivity contribution in [2.45, 2.75) is 6.18 Å². The maximum absolute atomic E-state index is 11.8. The molecule has 1 aromatic carbocycles. The zero-order valence-corrected chi connectivity index (χ0v) is 9.88. The molecule has 0 aliphatic heterocycles. The van der Waals surface area contributed by atoms with E-state index in [1.165, 1.54) is 11.4 Å². The number of amides is 2. The summed E-state index contributed by atoms with van der Waals surface area (Å²) < 4.78 is 35.5. The van der Waals surface area contributed by atoms with Crippen LogP contribution in [0.4, 0.5) is 29.3 Å². The number of alkyl halides is 3. The maximum Gasteiger partial charge on any atom is 0.405 e. The molecule has 0 atom stereocenters. The van der Waals surface area contributed by atoms with Crippen molar-refractivity contribution in [1.82, 2.24) is 5.32 Å². The Bertz CT molecular complexity index is 507. The van der Waals surface area contributed by atoms with Gasteiger partial charge in [0.05, 0.1) is 4.92 Å². The Hall–Kier alpha value is -2.03. The minimum atomic E-state index is -4.57. The fourth-order valence-corrected chi connectivity index (χ4v) is 1.27. The van der Waals surface area contributed by atoms with Gasteiger partial charge in [0.1, 0.15) is 12.2 Å². The van der Waals surface area contributed by atoms with E-state index in [1.54, 1.807) is 0 Å². The van der Waals surface area contributed by atoms with Crippen LogP contribution in [0.25, 0.3) is 0 Å². The van der Waals surface area contributed by atoms with E-state index in [1.807, 2.05) is 5.32 Å². The van der Waals surface area contributed by atoms with Gasteiger partial charge >= 0.3 is 12.2 Å². The highest BCUT2D eigenvalue weighted by molar-refractivity contribution is 6.31. The molecule has 0 aliphatic carbocycles. The number of nitrogens with zero attached hydrogens (tertiary/aromatic N) is 1. The number of nitro groups is 1. The van der Waals surface area contributed by atoms with Gasteiger partial charge in [0, 0.05) is 11.1 Å². The summed E-state index contributed by atoms with van der Waals surface area (Å²) >= 11 is 5.54. The maximum atomic E-state index is 11.8. The van der Waals surface area contributed by atoms with Crippen molar-refractivity contribution in [2.75, 3.05) is 11.9 Å². The molecule has 104 valence electrons. The smallest absolute Gasteiger partial charge is 0.329 e. The van der Waals surface area contributed by atoms with Crippen LogP contribution in [0, 0.1) is 10.1 Å². The average molecular weight is 298 g/mol. The zero-order chi connectivity index (χ0) is 14.6. The van der Waals surface area contributed by atoms with Gasteiger partial charge in [-0.1, -0.05) is 11.6 Å². The number of nitrogens with one attached hydrogen (secondary N) is 2. The van der Waals surface area contributed by atoms with Gasteiger partial charge in [-0.2, -0.15) is 13.2 Å². The second-order valence-corrected chi connectivity index (χ2v) is 3.78. The summed E-state index contributed by atoms with van der Waals surface area (Å²) in [6.07, 6.45) is -4.57. The van der Waals surface area contributed by atoms with Gasteiger partial charge in [0.15, 0.2) is 0 Å². The van der Waals surface area contributed by atoms with Crippen molar-refractivity contribution in [3.05, 3.63) is 33.3 Å². The number of halogens is 4. The highest BCUT2D eigenvalue weighted by atomic mass is 35.5. The Kier molecular flexibility index (Phi) is 4.54. The van der Waals surface area contributed by atoms with Gasteiger partial charge in [0.25, 0.3) is 5.69 Å². The number of urea groups is 1. The van der Waals surface area contributed by atoms with Crippen LogP contribution in [-0.4, -0.2) is 23.7 Å². The minimum Gasteiger partial charge on any atom is -0.329 e. The highest BCUT2D eigenvalue weighted by Gasteiger charge is 2.28. The predicted molar refractivity (Wildman–Crippen MR) is 61.2 cm³/mol. The van der Waals surface area contributed by atoms with Crippen LogP contribution in [0.3, 0.4) is 0 Å². The van der Waals surface area contributed by atoms with Crippen molar-refractivity contribution in [3.8, 4) is 0 Å². The Balaban J connectivity index is 2.77. The highest BCUT2D eigenvalue weighted by Crippen LogP contribution is 2.27. The summed E-state index contributed by atoms with van der Waals surface area (Å²) in [5.41, 5.74) is -0.774. The van der Waals surface area contributed by atoms with Crippen molar-refractivity contribution in [2.24, 2.45) is 0 Å². The summed E-state index contributed by atoms with van der Waals surface area (Å²) in [5, 5.41) is 14.2. The van der Waals surface area contributed by atoms with Crippen molar-refractivity contribution < 1.29 is 22.9 Å². The third kappa shape index (κ3) is 5.00. The van der Waals surface area contributed by atoms with E-state index in [-0.39, 0.29) is 10.7 Å². The molecule has 2 N–H and O–H groups in total. The molecule has 0 saturated heterocycles. The molecule has 10 heteroatoms. The number of carbonyl (C=O) groups excluding carboxylic acids is 1. The lowest BCUT2D eigenvalue weighted by molar-refractivity contribution is -0.383. The SMILES string of the molecule is O=C(NCC(F)(F)F)Nc1ccc(Cl)cc1[N+](=O)[O-]. The monoisotopic (exact) mass is 297 g/mol. The number of hydrogen-bond acceptors (Lipinski definition) is 3. The zero-order valence-electron chi connectivity index (χ0n) is 9.12. The number of nitro benzene ring substituents is 1. The van der Waals surface area contributed by atoms with E-state index in [2.05, 4.69) is 0 Å². The van der Waals surface area contributed by atoms with Gasteiger partial charge in [-0.3, -0.25) is 10.1 Å². The molecule has 6 nitrogen and oxygen atoms in total. The largest absolute Gasteiger partial charge is 0.405 e. The van der Waals surface area contributed by atoms with Crippen LogP contribution in [0.15, 0.2) is 18.2 Å². The number of benzene rings is 1. The van der Waals surface area contributed by atoms with Crippen molar-refractivity contribution in [1.29, 1.82) is 0 Å². The van der Waals surface area contributed by atoms with E-state index < -0.39 is 29.4 Å². The predicted octanol–water partition coefficient (Wildman–Crippen LogP) is 2.93. The van der Waals surface area contributed by atoms with Crippen LogP contribution < -0.4 is 10.6 Å². The molecular weight excluding hydrogens is 291 g/mol. The standard InChI is InChI=1S/C9H7ClF3N3O3/c10-5-1-2-6(7(3-5)16(18)19)15-8(17)14-4-9(11,12)13/h1-3H,4H2,(H2,14,15,17). The molecule has 0 unspecified atom stereocenters. The summed E-state index contributed by atoms with van der Waals surface area (Å²) in [7, 11) is 0.